The van der Waals surface area contributed by atoms with Crippen molar-refractivity contribution < 1.29 is 14.3 Å². The Hall–Kier alpha value is -4.66. The summed E-state index contributed by atoms with van der Waals surface area (Å²) in [6.07, 6.45) is 4.28. The fourth-order valence-corrected chi connectivity index (χ4v) is 3.91. The molecule has 2 heterocycles. The molecule has 1 aliphatic rings. The van der Waals surface area contributed by atoms with Crippen LogP contribution in [0.4, 0.5) is 34.5 Å². The number of carbonyl (C=O) groups is 2. The smallest absolute Gasteiger partial charge is 0.247 e. The highest BCUT2D eigenvalue weighted by Crippen LogP contribution is 2.32. The SMILES string of the molecule is C=CC(=O)Nc1cc(OC)ccc1Nc1nc(Nc2ccc(NC(=O)[C@@H]3CCCN3)cc2C#N)ncc1Cl. The number of aromatic nitrogens is 2. The number of amides is 2. The number of halogens is 1. The number of benzene rings is 2. The fourth-order valence-electron chi connectivity index (χ4n) is 3.77. The molecule has 2 amide bonds. The first-order valence-electron chi connectivity index (χ1n) is 11.7. The van der Waals surface area contributed by atoms with E-state index in [2.05, 4.69) is 49.2 Å². The van der Waals surface area contributed by atoms with E-state index in [1.165, 1.54) is 13.3 Å². The summed E-state index contributed by atoms with van der Waals surface area (Å²) in [6, 6.07) is 11.9. The molecule has 0 saturated carbocycles. The van der Waals surface area contributed by atoms with Gasteiger partial charge in [-0.25, -0.2) is 4.98 Å². The molecule has 5 N–H and O–H groups in total. The molecule has 4 rings (SSSR count). The van der Waals surface area contributed by atoms with Crippen molar-refractivity contribution in [3.05, 3.63) is 65.8 Å². The predicted molar refractivity (Wildman–Crippen MR) is 146 cm³/mol. The number of rotatable bonds is 9. The Morgan fingerprint density at radius 2 is 2.00 bits per heavy atom. The molecule has 38 heavy (non-hydrogen) atoms. The second kappa shape index (κ2) is 12.1. The van der Waals surface area contributed by atoms with Crippen LogP contribution in [-0.2, 0) is 9.59 Å². The maximum Gasteiger partial charge on any atom is 0.247 e. The largest absolute Gasteiger partial charge is 0.497 e. The third-order valence-corrected chi connectivity index (χ3v) is 5.97. The molecule has 0 radical (unpaired) electrons. The first-order chi connectivity index (χ1) is 18.4. The van der Waals surface area contributed by atoms with Gasteiger partial charge in [-0.2, -0.15) is 10.2 Å². The number of hydrogen-bond acceptors (Lipinski definition) is 9. The van der Waals surface area contributed by atoms with E-state index >= 15 is 0 Å². The van der Waals surface area contributed by atoms with Crippen molar-refractivity contribution in [2.75, 3.05) is 34.9 Å². The molecular weight excluding hydrogens is 508 g/mol. The summed E-state index contributed by atoms with van der Waals surface area (Å²) in [7, 11) is 1.52. The van der Waals surface area contributed by atoms with Gasteiger partial charge in [0.05, 0.1) is 42.0 Å². The van der Waals surface area contributed by atoms with Gasteiger partial charge in [0, 0.05) is 11.8 Å². The van der Waals surface area contributed by atoms with Gasteiger partial charge in [0.1, 0.15) is 16.8 Å². The van der Waals surface area contributed by atoms with Gasteiger partial charge in [-0.3, -0.25) is 9.59 Å². The minimum absolute atomic E-state index is 0.133. The van der Waals surface area contributed by atoms with Crippen LogP contribution in [0.3, 0.4) is 0 Å². The molecule has 2 aromatic carbocycles. The summed E-state index contributed by atoms with van der Waals surface area (Å²) in [5, 5.41) is 24.7. The minimum Gasteiger partial charge on any atom is -0.497 e. The summed E-state index contributed by atoms with van der Waals surface area (Å²) < 4.78 is 5.24. The lowest BCUT2D eigenvalue weighted by Gasteiger charge is -2.15. The predicted octanol–water partition coefficient (Wildman–Crippen LogP) is 4.31. The molecule has 0 unspecified atom stereocenters. The van der Waals surface area contributed by atoms with Crippen molar-refractivity contribution in [2.24, 2.45) is 0 Å². The Morgan fingerprint density at radius 3 is 2.71 bits per heavy atom. The van der Waals surface area contributed by atoms with Crippen LogP contribution in [0.2, 0.25) is 5.02 Å². The number of ether oxygens (including phenoxy) is 1. The maximum atomic E-state index is 12.4. The molecule has 12 heteroatoms. The van der Waals surface area contributed by atoms with E-state index in [-0.39, 0.29) is 28.7 Å². The van der Waals surface area contributed by atoms with Crippen molar-refractivity contribution in [2.45, 2.75) is 18.9 Å². The second-order valence-corrected chi connectivity index (χ2v) is 8.66. The molecule has 1 fully saturated rings. The maximum absolute atomic E-state index is 12.4. The van der Waals surface area contributed by atoms with Gasteiger partial charge >= 0.3 is 0 Å². The van der Waals surface area contributed by atoms with E-state index in [0.29, 0.717) is 34.1 Å². The summed E-state index contributed by atoms with van der Waals surface area (Å²) in [4.78, 5) is 32.9. The van der Waals surface area contributed by atoms with Crippen LogP contribution in [0.1, 0.15) is 18.4 Å². The number of carbonyl (C=O) groups excluding carboxylic acids is 2. The van der Waals surface area contributed by atoms with Crippen molar-refractivity contribution in [3.63, 3.8) is 0 Å². The van der Waals surface area contributed by atoms with Crippen LogP contribution >= 0.6 is 11.6 Å². The summed E-state index contributed by atoms with van der Waals surface area (Å²) in [5.41, 5.74) is 2.18. The van der Waals surface area contributed by atoms with Gasteiger partial charge in [-0.15, -0.1) is 0 Å². The van der Waals surface area contributed by atoms with E-state index in [1.807, 2.05) is 0 Å². The molecule has 1 aliphatic heterocycles. The van der Waals surface area contributed by atoms with Gasteiger partial charge in [0.15, 0.2) is 5.82 Å². The molecule has 1 saturated heterocycles. The summed E-state index contributed by atoms with van der Waals surface area (Å²) in [6.45, 7) is 4.28. The molecule has 11 nitrogen and oxygen atoms in total. The Bertz CT molecular complexity index is 1420. The average Bonchev–Trinajstić information content (AvgIpc) is 3.47. The normalized spacial score (nSPS) is 14.2. The second-order valence-electron chi connectivity index (χ2n) is 8.26. The number of nitrogens with one attached hydrogen (secondary N) is 5. The van der Waals surface area contributed by atoms with Crippen LogP contribution in [0.15, 0.2) is 55.3 Å². The molecule has 3 aromatic rings. The number of anilines is 6. The number of nitrogens with zero attached hydrogens (tertiary/aromatic N) is 3. The third kappa shape index (κ3) is 6.36. The van der Waals surface area contributed by atoms with Crippen molar-refractivity contribution in [1.29, 1.82) is 5.26 Å². The molecule has 0 aliphatic carbocycles. The average molecular weight is 533 g/mol. The van der Waals surface area contributed by atoms with Crippen LogP contribution < -0.4 is 31.3 Å². The van der Waals surface area contributed by atoms with Crippen LogP contribution in [0, 0.1) is 11.3 Å². The lowest BCUT2D eigenvalue weighted by Crippen LogP contribution is -2.35. The van der Waals surface area contributed by atoms with Crippen LogP contribution in [0.5, 0.6) is 5.75 Å². The van der Waals surface area contributed by atoms with E-state index in [4.69, 9.17) is 16.3 Å². The zero-order valence-corrected chi connectivity index (χ0v) is 21.2. The first-order valence-corrected chi connectivity index (χ1v) is 12.0. The van der Waals surface area contributed by atoms with Crippen molar-refractivity contribution in [1.82, 2.24) is 15.3 Å². The van der Waals surface area contributed by atoms with Gasteiger partial charge in [-0.1, -0.05) is 18.2 Å². The summed E-state index contributed by atoms with van der Waals surface area (Å²) in [5.74, 6) is 0.432. The lowest BCUT2D eigenvalue weighted by atomic mass is 10.1. The monoisotopic (exact) mass is 532 g/mol. The van der Waals surface area contributed by atoms with E-state index in [9.17, 15) is 14.9 Å². The molecular formula is C26H25ClN8O3. The highest BCUT2D eigenvalue weighted by atomic mass is 35.5. The molecule has 0 bridgehead atoms. The molecule has 194 valence electrons. The third-order valence-electron chi connectivity index (χ3n) is 5.70. The fraction of sp³-hybridized carbons (Fsp3) is 0.192. The van der Waals surface area contributed by atoms with E-state index in [0.717, 1.165) is 25.5 Å². The minimum atomic E-state index is -0.402. The lowest BCUT2D eigenvalue weighted by molar-refractivity contribution is -0.117. The van der Waals surface area contributed by atoms with Gasteiger partial charge in [-0.05, 0) is 55.8 Å². The summed E-state index contributed by atoms with van der Waals surface area (Å²) >= 11 is 6.33. The van der Waals surface area contributed by atoms with Crippen molar-refractivity contribution >= 4 is 57.9 Å². The number of methoxy groups -OCH3 is 1. The van der Waals surface area contributed by atoms with Gasteiger partial charge in [0.25, 0.3) is 0 Å². The zero-order valence-electron chi connectivity index (χ0n) is 20.5. The zero-order chi connectivity index (χ0) is 27.1. The Kier molecular flexibility index (Phi) is 8.37. The van der Waals surface area contributed by atoms with Crippen LogP contribution in [0.25, 0.3) is 0 Å². The number of hydrogen-bond donors (Lipinski definition) is 5. The first kappa shape index (κ1) is 26.4. The topological polar surface area (TPSA) is 153 Å². The quantitative estimate of drug-likeness (QED) is 0.254. The molecule has 1 aromatic heterocycles. The standard InChI is InChI=1S/C26H25ClN8O3/c1-3-23(36)32-22-12-17(38-2)7-9-20(22)33-24-18(27)14-30-26(35-24)34-19-8-6-16(11-15(19)13-28)31-25(37)21-5-4-10-29-21/h3,6-9,11-12,14,21,29H,1,4-5,10H2,2H3,(H,31,37)(H,32,36)(H2,30,33,34,35)/t21-/m0/s1. The highest BCUT2D eigenvalue weighted by molar-refractivity contribution is 6.33. The number of nitriles is 1. The molecule has 1 atom stereocenters. The van der Waals surface area contributed by atoms with E-state index < -0.39 is 5.91 Å². The van der Waals surface area contributed by atoms with Gasteiger partial charge < -0.3 is 31.3 Å². The van der Waals surface area contributed by atoms with Gasteiger partial charge in [0.2, 0.25) is 17.8 Å². The van der Waals surface area contributed by atoms with Crippen LogP contribution in [-0.4, -0.2) is 41.5 Å². The Balaban J connectivity index is 1.54. The van der Waals surface area contributed by atoms with E-state index in [1.54, 1.807) is 36.4 Å². The highest BCUT2D eigenvalue weighted by Gasteiger charge is 2.22. The molecule has 0 spiro atoms. The Labute approximate surface area is 224 Å². The van der Waals surface area contributed by atoms with Crippen molar-refractivity contribution in [3.8, 4) is 11.8 Å². The Morgan fingerprint density at radius 1 is 1.18 bits per heavy atom.